The molecule has 2 saturated heterocycles. The van der Waals surface area contributed by atoms with Crippen LogP contribution in [-0.4, -0.2) is 48.2 Å². The number of hydrogen-bond acceptors (Lipinski definition) is 4. The Bertz CT molecular complexity index is 625. The van der Waals surface area contributed by atoms with Gasteiger partial charge in [0.1, 0.15) is 0 Å². The predicted octanol–water partition coefficient (Wildman–Crippen LogP) is 2.57. The number of likely N-dealkylation sites (tertiary alicyclic amines) is 1. The highest BCUT2D eigenvalue weighted by atomic mass is 16.5. The Labute approximate surface area is 149 Å². The van der Waals surface area contributed by atoms with E-state index in [1.165, 1.54) is 0 Å². The lowest BCUT2D eigenvalue weighted by Crippen LogP contribution is -2.54. The van der Waals surface area contributed by atoms with Gasteiger partial charge in [-0.25, -0.2) is 0 Å². The number of ether oxygens (including phenoxy) is 2. The zero-order chi connectivity index (χ0) is 17.1. The highest BCUT2D eigenvalue weighted by Crippen LogP contribution is 2.42. The van der Waals surface area contributed by atoms with Crippen LogP contribution in [0.3, 0.4) is 0 Å². The van der Waals surface area contributed by atoms with E-state index in [9.17, 15) is 4.79 Å². The first kappa shape index (κ1) is 16.7. The molecule has 1 aromatic rings. The molecule has 4 rings (SSSR count). The van der Waals surface area contributed by atoms with Crippen molar-refractivity contribution >= 4 is 5.91 Å². The number of piperidine rings is 1. The van der Waals surface area contributed by atoms with Crippen LogP contribution in [0.4, 0.5) is 0 Å². The lowest BCUT2D eigenvalue weighted by molar-refractivity contribution is -0.143. The van der Waals surface area contributed by atoms with Gasteiger partial charge < -0.3 is 14.4 Å². The zero-order valence-electron chi connectivity index (χ0n) is 14.6. The molecule has 134 valence electrons. The van der Waals surface area contributed by atoms with E-state index in [0.29, 0.717) is 19.1 Å². The summed E-state index contributed by atoms with van der Waals surface area (Å²) in [4.78, 5) is 19.2. The lowest BCUT2D eigenvalue weighted by Gasteiger charge is -2.44. The number of pyridine rings is 1. The fourth-order valence-corrected chi connectivity index (χ4v) is 4.36. The number of nitrogens with zero attached hydrogens (tertiary/aromatic N) is 2. The maximum Gasteiger partial charge on any atom is 0.226 e. The van der Waals surface area contributed by atoms with Crippen molar-refractivity contribution in [2.45, 2.75) is 38.4 Å². The number of fused-ring (bicyclic) bond motifs is 1. The van der Waals surface area contributed by atoms with Crippen molar-refractivity contribution in [1.82, 2.24) is 9.88 Å². The number of hydrogen-bond donors (Lipinski definition) is 0. The average molecular weight is 342 g/mol. The van der Waals surface area contributed by atoms with Crippen LogP contribution in [0.15, 0.2) is 36.5 Å². The molecule has 0 spiro atoms. The van der Waals surface area contributed by atoms with Crippen LogP contribution in [-0.2, 0) is 20.9 Å². The summed E-state index contributed by atoms with van der Waals surface area (Å²) in [5.41, 5.74) is 0.879. The van der Waals surface area contributed by atoms with Gasteiger partial charge in [0.2, 0.25) is 5.91 Å². The number of carbonyl (C=O) groups is 1. The molecule has 5 nitrogen and oxygen atoms in total. The van der Waals surface area contributed by atoms with E-state index >= 15 is 0 Å². The minimum Gasteiger partial charge on any atom is -0.377 e. The van der Waals surface area contributed by atoms with Crippen LogP contribution < -0.4 is 0 Å². The molecule has 0 unspecified atom stereocenters. The zero-order valence-corrected chi connectivity index (χ0v) is 14.6. The quantitative estimate of drug-likeness (QED) is 0.772. The standard InChI is InChI=1S/C20H26N2O3/c23-19(16-5-1-2-6-16)22-11-8-18-20(14-22,9-12-25-18)15-24-13-17-7-3-4-10-21-17/h1-4,7,10,16,18H,5-6,8-9,11-15H2/t18-,20+/m0/s1. The SMILES string of the molecule is O=C(C1CC=CC1)N1CC[C@@H]2OCC[C@]2(COCc2ccccn2)C1. The highest BCUT2D eigenvalue weighted by Gasteiger charge is 2.49. The van der Waals surface area contributed by atoms with Crippen molar-refractivity contribution in [3.8, 4) is 0 Å². The van der Waals surface area contributed by atoms with E-state index in [-0.39, 0.29) is 17.4 Å². The topological polar surface area (TPSA) is 51.7 Å². The van der Waals surface area contributed by atoms with E-state index in [1.807, 2.05) is 18.2 Å². The van der Waals surface area contributed by atoms with Crippen LogP contribution in [0.25, 0.3) is 0 Å². The van der Waals surface area contributed by atoms with E-state index < -0.39 is 0 Å². The number of allylic oxidation sites excluding steroid dienone is 2. The van der Waals surface area contributed by atoms with Crippen molar-refractivity contribution < 1.29 is 14.3 Å². The lowest BCUT2D eigenvalue weighted by atomic mass is 9.77. The molecule has 0 saturated carbocycles. The minimum atomic E-state index is -0.0608. The van der Waals surface area contributed by atoms with Crippen molar-refractivity contribution in [2.75, 3.05) is 26.3 Å². The molecule has 1 aromatic heterocycles. The van der Waals surface area contributed by atoms with Gasteiger partial charge in [0.05, 0.1) is 25.0 Å². The van der Waals surface area contributed by atoms with Gasteiger partial charge in [-0.15, -0.1) is 0 Å². The summed E-state index contributed by atoms with van der Waals surface area (Å²) in [6.45, 7) is 3.47. The summed E-state index contributed by atoms with van der Waals surface area (Å²) >= 11 is 0. The second-order valence-corrected chi connectivity index (χ2v) is 7.47. The normalized spacial score (nSPS) is 29.1. The van der Waals surface area contributed by atoms with Gasteiger partial charge in [0, 0.05) is 37.2 Å². The Kier molecular flexibility index (Phi) is 4.86. The molecule has 3 aliphatic rings. The van der Waals surface area contributed by atoms with Gasteiger partial charge in [-0.2, -0.15) is 0 Å². The van der Waals surface area contributed by atoms with Crippen LogP contribution in [0.5, 0.6) is 0 Å². The Morgan fingerprint density at radius 1 is 1.36 bits per heavy atom. The molecule has 25 heavy (non-hydrogen) atoms. The van der Waals surface area contributed by atoms with Gasteiger partial charge in [0.25, 0.3) is 0 Å². The molecule has 1 amide bonds. The summed E-state index contributed by atoms with van der Waals surface area (Å²) in [5.74, 6) is 0.449. The molecule has 0 radical (unpaired) electrons. The second-order valence-electron chi connectivity index (χ2n) is 7.47. The molecule has 1 aliphatic carbocycles. The monoisotopic (exact) mass is 342 g/mol. The molecule has 2 fully saturated rings. The summed E-state index contributed by atoms with van der Waals surface area (Å²) in [7, 11) is 0. The third kappa shape index (κ3) is 3.48. The summed E-state index contributed by atoms with van der Waals surface area (Å²) in [6, 6.07) is 5.86. The third-order valence-electron chi connectivity index (χ3n) is 5.80. The maximum absolute atomic E-state index is 12.8. The molecule has 5 heteroatoms. The number of rotatable bonds is 5. The predicted molar refractivity (Wildman–Crippen MR) is 93.7 cm³/mol. The van der Waals surface area contributed by atoms with Crippen molar-refractivity contribution in [3.05, 3.63) is 42.2 Å². The van der Waals surface area contributed by atoms with Gasteiger partial charge in [0.15, 0.2) is 0 Å². The third-order valence-corrected chi connectivity index (χ3v) is 5.80. The molecular weight excluding hydrogens is 316 g/mol. The second kappa shape index (κ2) is 7.26. The van der Waals surface area contributed by atoms with E-state index in [4.69, 9.17) is 9.47 Å². The van der Waals surface area contributed by atoms with E-state index in [0.717, 1.165) is 51.1 Å². The highest BCUT2D eigenvalue weighted by molar-refractivity contribution is 5.79. The molecule has 0 bridgehead atoms. The van der Waals surface area contributed by atoms with E-state index in [2.05, 4.69) is 22.0 Å². The molecule has 0 N–H and O–H groups in total. The average Bonchev–Trinajstić information content (AvgIpc) is 3.31. The Morgan fingerprint density at radius 2 is 2.24 bits per heavy atom. The van der Waals surface area contributed by atoms with Crippen molar-refractivity contribution in [1.29, 1.82) is 0 Å². The summed E-state index contributed by atoms with van der Waals surface area (Å²) in [6.07, 6.45) is 9.90. The van der Waals surface area contributed by atoms with Gasteiger partial charge >= 0.3 is 0 Å². The smallest absolute Gasteiger partial charge is 0.226 e. The fourth-order valence-electron chi connectivity index (χ4n) is 4.36. The van der Waals surface area contributed by atoms with Crippen molar-refractivity contribution in [2.24, 2.45) is 11.3 Å². The molecule has 2 aliphatic heterocycles. The first-order valence-electron chi connectivity index (χ1n) is 9.30. The Hall–Kier alpha value is -1.72. The summed E-state index contributed by atoms with van der Waals surface area (Å²) in [5, 5.41) is 0. The number of amides is 1. The fraction of sp³-hybridized carbons (Fsp3) is 0.600. The first-order valence-corrected chi connectivity index (χ1v) is 9.30. The minimum absolute atomic E-state index is 0.0608. The van der Waals surface area contributed by atoms with E-state index in [1.54, 1.807) is 6.20 Å². The molecule has 2 atom stereocenters. The van der Waals surface area contributed by atoms with Crippen LogP contribution in [0, 0.1) is 11.3 Å². The summed E-state index contributed by atoms with van der Waals surface area (Å²) < 4.78 is 12.0. The maximum atomic E-state index is 12.8. The number of aromatic nitrogens is 1. The van der Waals surface area contributed by atoms with Crippen LogP contribution in [0.2, 0.25) is 0 Å². The van der Waals surface area contributed by atoms with Gasteiger partial charge in [-0.05, 0) is 37.8 Å². The van der Waals surface area contributed by atoms with Gasteiger partial charge in [-0.3, -0.25) is 9.78 Å². The Balaban J connectivity index is 1.39. The molecule has 3 heterocycles. The molecular formula is C20H26N2O3. The van der Waals surface area contributed by atoms with Crippen molar-refractivity contribution in [3.63, 3.8) is 0 Å². The van der Waals surface area contributed by atoms with Gasteiger partial charge in [-0.1, -0.05) is 18.2 Å². The van der Waals surface area contributed by atoms with Crippen LogP contribution >= 0.6 is 0 Å². The molecule has 0 aromatic carbocycles. The largest absolute Gasteiger partial charge is 0.377 e. The first-order chi connectivity index (χ1) is 12.3. The number of carbonyl (C=O) groups excluding carboxylic acids is 1. The Morgan fingerprint density at radius 3 is 3.04 bits per heavy atom. The van der Waals surface area contributed by atoms with Crippen LogP contribution in [0.1, 0.15) is 31.4 Å².